The number of esters is 1. The van der Waals surface area contributed by atoms with Crippen LogP contribution >= 0.6 is 0 Å². The molecule has 3 rings (SSSR count). The van der Waals surface area contributed by atoms with E-state index < -0.39 is 0 Å². The summed E-state index contributed by atoms with van der Waals surface area (Å²) in [5, 5.41) is 4.34. The van der Waals surface area contributed by atoms with Gasteiger partial charge < -0.3 is 15.0 Å². The van der Waals surface area contributed by atoms with Crippen LogP contribution in [0.3, 0.4) is 0 Å². The Morgan fingerprint density at radius 2 is 2.24 bits per heavy atom. The van der Waals surface area contributed by atoms with Gasteiger partial charge in [-0.15, -0.1) is 0 Å². The highest BCUT2D eigenvalue weighted by Crippen LogP contribution is 2.37. The number of carbonyl (C=O) groups is 1. The molecule has 6 nitrogen and oxygen atoms in total. The lowest BCUT2D eigenvalue weighted by Crippen LogP contribution is -2.12. The van der Waals surface area contributed by atoms with Gasteiger partial charge in [-0.2, -0.15) is 5.10 Å². The molecule has 0 aromatic carbocycles. The van der Waals surface area contributed by atoms with Crippen LogP contribution in [-0.2, 0) is 24.8 Å². The molecule has 0 aliphatic heterocycles. The van der Waals surface area contributed by atoms with Crippen molar-refractivity contribution in [2.75, 3.05) is 5.73 Å². The van der Waals surface area contributed by atoms with E-state index in [0.717, 1.165) is 30.7 Å². The number of nitrogen functional groups attached to an aromatic ring is 1. The molecule has 0 amide bonds. The number of aromatic nitrogens is 3. The summed E-state index contributed by atoms with van der Waals surface area (Å²) >= 11 is 0. The molecule has 1 saturated carbocycles. The first-order chi connectivity index (χ1) is 10.1. The third-order valence-corrected chi connectivity index (χ3v) is 3.76. The monoisotopic (exact) mass is 288 g/mol. The van der Waals surface area contributed by atoms with Gasteiger partial charge in [0.2, 0.25) is 0 Å². The lowest BCUT2D eigenvalue weighted by molar-refractivity contribution is 0.0450. The second-order valence-electron chi connectivity index (χ2n) is 5.48. The number of hydrogen-bond acceptors (Lipinski definition) is 4. The van der Waals surface area contributed by atoms with Gasteiger partial charge in [0.1, 0.15) is 12.3 Å². The van der Waals surface area contributed by atoms with Crippen LogP contribution in [0.15, 0.2) is 18.3 Å². The minimum absolute atomic E-state index is 0.220. The second-order valence-corrected chi connectivity index (χ2v) is 5.48. The van der Waals surface area contributed by atoms with Gasteiger partial charge in [0.15, 0.2) is 0 Å². The van der Waals surface area contributed by atoms with Crippen LogP contribution in [0.2, 0.25) is 0 Å². The number of aryl methyl sites for hydroxylation is 2. The third kappa shape index (κ3) is 2.79. The Kier molecular flexibility index (Phi) is 3.45. The smallest absolute Gasteiger partial charge is 0.355 e. The van der Waals surface area contributed by atoms with Crippen molar-refractivity contribution in [3.8, 4) is 0 Å². The highest BCUT2D eigenvalue weighted by molar-refractivity contribution is 5.89. The van der Waals surface area contributed by atoms with Gasteiger partial charge in [0.25, 0.3) is 0 Å². The van der Waals surface area contributed by atoms with Crippen LogP contribution in [0.1, 0.15) is 47.7 Å². The summed E-state index contributed by atoms with van der Waals surface area (Å²) in [6.45, 7) is 2.27. The van der Waals surface area contributed by atoms with Gasteiger partial charge in [-0.3, -0.25) is 4.68 Å². The van der Waals surface area contributed by atoms with Crippen molar-refractivity contribution in [2.45, 2.75) is 38.8 Å². The minimum atomic E-state index is -0.335. The van der Waals surface area contributed by atoms with Crippen LogP contribution in [0.4, 0.5) is 5.69 Å². The molecule has 2 aromatic heterocycles. The molecule has 2 N–H and O–H groups in total. The number of anilines is 1. The first kappa shape index (κ1) is 13.7. The van der Waals surface area contributed by atoms with Crippen LogP contribution in [0, 0.1) is 0 Å². The number of hydrogen-bond donors (Lipinski definition) is 1. The molecule has 1 aliphatic rings. The fraction of sp³-hybridized carbons (Fsp3) is 0.467. The van der Waals surface area contributed by atoms with E-state index in [-0.39, 0.29) is 12.6 Å². The third-order valence-electron chi connectivity index (χ3n) is 3.76. The normalized spacial score (nSPS) is 14.4. The van der Waals surface area contributed by atoms with Gasteiger partial charge in [-0.1, -0.05) is 6.92 Å². The number of nitrogens with zero attached hydrogens (tertiary/aromatic N) is 3. The van der Waals surface area contributed by atoms with Crippen molar-refractivity contribution >= 4 is 11.7 Å². The number of rotatable bonds is 5. The summed E-state index contributed by atoms with van der Waals surface area (Å²) in [5.74, 6) is -0.335. The first-order valence-corrected chi connectivity index (χ1v) is 7.24. The lowest BCUT2D eigenvalue weighted by atomic mass is 10.3. The average molecular weight is 288 g/mol. The Labute approximate surface area is 123 Å². The quantitative estimate of drug-likeness (QED) is 0.854. The fourth-order valence-electron chi connectivity index (χ4n) is 2.41. The molecule has 6 heteroatoms. The van der Waals surface area contributed by atoms with Crippen LogP contribution < -0.4 is 5.73 Å². The lowest BCUT2D eigenvalue weighted by Gasteiger charge is -2.08. The summed E-state index contributed by atoms with van der Waals surface area (Å²) in [6, 6.07) is 4.04. The van der Waals surface area contributed by atoms with Gasteiger partial charge in [0, 0.05) is 19.3 Å². The van der Waals surface area contributed by atoms with Gasteiger partial charge in [-0.25, -0.2) is 4.79 Å². The molecule has 1 aliphatic carbocycles. The predicted molar refractivity (Wildman–Crippen MR) is 78.8 cm³/mol. The molecule has 0 saturated heterocycles. The Morgan fingerprint density at radius 1 is 1.48 bits per heavy atom. The number of nitrogens with two attached hydrogens (primary N) is 1. The number of ether oxygens (including phenoxy) is 1. The Balaban J connectivity index is 1.70. The summed E-state index contributed by atoms with van der Waals surface area (Å²) in [7, 11) is 1.85. The molecular weight excluding hydrogens is 268 g/mol. The van der Waals surface area contributed by atoms with E-state index in [2.05, 4.69) is 5.10 Å². The Bertz CT molecular complexity index is 667. The van der Waals surface area contributed by atoms with E-state index in [9.17, 15) is 4.79 Å². The van der Waals surface area contributed by atoms with Crippen LogP contribution in [0.25, 0.3) is 0 Å². The number of carbonyl (C=O) groups excluding carboxylic acids is 1. The maximum Gasteiger partial charge on any atom is 0.355 e. The van der Waals surface area contributed by atoms with E-state index in [1.165, 1.54) is 0 Å². The summed E-state index contributed by atoms with van der Waals surface area (Å²) in [6.07, 6.45) is 4.86. The van der Waals surface area contributed by atoms with Crippen molar-refractivity contribution in [1.82, 2.24) is 14.3 Å². The van der Waals surface area contributed by atoms with Gasteiger partial charge in [-0.05, 0) is 31.4 Å². The molecular formula is C15H20N4O2. The molecule has 0 unspecified atom stereocenters. The average Bonchev–Trinajstić information content (AvgIpc) is 3.14. The van der Waals surface area contributed by atoms with E-state index >= 15 is 0 Å². The molecule has 1 fully saturated rings. The zero-order valence-electron chi connectivity index (χ0n) is 12.4. The van der Waals surface area contributed by atoms with Crippen molar-refractivity contribution in [3.05, 3.63) is 35.4 Å². The van der Waals surface area contributed by atoms with E-state index in [0.29, 0.717) is 17.4 Å². The van der Waals surface area contributed by atoms with Crippen molar-refractivity contribution in [3.63, 3.8) is 0 Å². The highest BCUT2D eigenvalue weighted by Gasteiger charge is 2.28. The van der Waals surface area contributed by atoms with Gasteiger partial charge >= 0.3 is 5.97 Å². The summed E-state index contributed by atoms with van der Waals surface area (Å²) < 4.78 is 9.09. The largest absolute Gasteiger partial charge is 0.455 e. The second kappa shape index (κ2) is 5.27. The molecule has 0 spiro atoms. The molecule has 21 heavy (non-hydrogen) atoms. The molecule has 0 bridgehead atoms. The van der Waals surface area contributed by atoms with Crippen molar-refractivity contribution in [1.29, 1.82) is 0 Å². The van der Waals surface area contributed by atoms with E-state index in [1.54, 1.807) is 10.7 Å². The van der Waals surface area contributed by atoms with Crippen molar-refractivity contribution in [2.24, 2.45) is 7.05 Å². The van der Waals surface area contributed by atoms with E-state index in [4.69, 9.17) is 10.5 Å². The molecule has 0 atom stereocenters. The topological polar surface area (TPSA) is 75.1 Å². The molecule has 2 aromatic rings. The zero-order valence-corrected chi connectivity index (χ0v) is 12.4. The summed E-state index contributed by atoms with van der Waals surface area (Å²) in [5.41, 5.74) is 8.81. The Morgan fingerprint density at radius 3 is 2.86 bits per heavy atom. The van der Waals surface area contributed by atoms with E-state index in [1.807, 2.05) is 30.8 Å². The highest BCUT2D eigenvalue weighted by atomic mass is 16.5. The van der Waals surface area contributed by atoms with Gasteiger partial charge in [0.05, 0.1) is 17.1 Å². The molecule has 2 heterocycles. The molecule has 112 valence electrons. The van der Waals surface area contributed by atoms with Crippen LogP contribution in [0.5, 0.6) is 0 Å². The zero-order chi connectivity index (χ0) is 15.0. The standard InChI is InChI=1S/C15H20N4O2/c1-3-11-7-13(18(2)17-11)9-21-15(20)14-6-10(16)8-19(14)12-4-5-12/h6-8,12H,3-5,9,16H2,1-2H3. The SMILES string of the molecule is CCc1cc(COC(=O)c2cc(N)cn2C2CC2)n(C)n1. The predicted octanol–water partition coefficient (Wildman–Crippen LogP) is 2.06. The maximum atomic E-state index is 12.2. The molecule has 0 radical (unpaired) electrons. The summed E-state index contributed by atoms with van der Waals surface area (Å²) in [4.78, 5) is 12.2. The first-order valence-electron chi connectivity index (χ1n) is 7.24. The maximum absolute atomic E-state index is 12.2. The fourth-order valence-corrected chi connectivity index (χ4v) is 2.41. The van der Waals surface area contributed by atoms with Crippen molar-refractivity contribution < 1.29 is 9.53 Å². The minimum Gasteiger partial charge on any atom is -0.455 e. The van der Waals surface area contributed by atoms with Crippen LogP contribution in [-0.4, -0.2) is 20.3 Å². The Hall–Kier alpha value is -2.24.